The third-order valence-electron chi connectivity index (χ3n) is 5.55. The van der Waals surface area contributed by atoms with Crippen molar-refractivity contribution in [3.05, 3.63) is 57.6 Å². The van der Waals surface area contributed by atoms with Gasteiger partial charge in [-0.3, -0.25) is 14.9 Å². The highest BCUT2D eigenvalue weighted by molar-refractivity contribution is 5.78. The molecule has 1 amide bonds. The van der Waals surface area contributed by atoms with Gasteiger partial charge in [0.05, 0.1) is 30.7 Å². The van der Waals surface area contributed by atoms with E-state index in [1.54, 1.807) is 31.3 Å². The number of hydrogen-bond donors (Lipinski definition) is 1. The van der Waals surface area contributed by atoms with Gasteiger partial charge in [0.2, 0.25) is 5.91 Å². The summed E-state index contributed by atoms with van der Waals surface area (Å²) in [4.78, 5) is 24.9. The Hall–Kier alpha value is -3.50. The molecule has 0 aliphatic carbocycles. The molecule has 1 saturated heterocycles. The number of nitro benzene ring substituents is 1. The molecule has 3 rings (SSSR count). The van der Waals surface area contributed by atoms with E-state index in [-0.39, 0.29) is 30.6 Å². The highest BCUT2D eigenvalue weighted by Crippen LogP contribution is 2.39. The number of halogens is 3. The Labute approximate surface area is 188 Å². The lowest BCUT2D eigenvalue weighted by molar-refractivity contribution is -0.384. The Morgan fingerprint density at radius 1 is 1.21 bits per heavy atom. The van der Waals surface area contributed by atoms with E-state index in [0.29, 0.717) is 24.1 Å². The third-order valence-corrected chi connectivity index (χ3v) is 5.55. The van der Waals surface area contributed by atoms with Crippen molar-refractivity contribution < 1.29 is 32.4 Å². The number of hydrogen-bond acceptors (Lipinski definition) is 6. The number of methoxy groups -OCH3 is 2. The lowest BCUT2D eigenvalue weighted by atomic mass is 10.0. The third kappa shape index (κ3) is 5.47. The van der Waals surface area contributed by atoms with Crippen LogP contribution < -0.4 is 14.8 Å². The first-order chi connectivity index (χ1) is 15.7. The van der Waals surface area contributed by atoms with Gasteiger partial charge in [-0.15, -0.1) is 0 Å². The maximum Gasteiger partial charge on any atom is 0.416 e. The van der Waals surface area contributed by atoms with Crippen LogP contribution in [0.4, 0.5) is 24.5 Å². The van der Waals surface area contributed by atoms with E-state index in [4.69, 9.17) is 9.47 Å². The van der Waals surface area contributed by atoms with Crippen LogP contribution in [0.2, 0.25) is 0 Å². The molecule has 0 radical (unpaired) electrons. The zero-order valence-electron chi connectivity index (χ0n) is 18.1. The van der Waals surface area contributed by atoms with Crippen LogP contribution in [0.3, 0.4) is 0 Å². The molecular weight excluding hydrogens is 443 g/mol. The lowest BCUT2D eigenvalue weighted by Gasteiger charge is -2.26. The van der Waals surface area contributed by atoms with Gasteiger partial charge in [0, 0.05) is 37.2 Å². The largest absolute Gasteiger partial charge is 0.497 e. The summed E-state index contributed by atoms with van der Waals surface area (Å²) in [6, 6.07) is 7.48. The predicted octanol–water partition coefficient (Wildman–Crippen LogP) is 4.80. The Balaban J connectivity index is 1.68. The zero-order chi connectivity index (χ0) is 24.2. The van der Waals surface area contributed by atoms with E-state index < -0.39 is 22.4 Å². The molecule has 1 unspecified atom stereocenters. The topological polar surface area (TPSA) is 93.9 Å². The number of anilines is 1. The van der Waals surface area contributed by atoms with Crippen LogP contribution in [0.25, 0.3) is 0 Å². The van der Waals surface area contributed by atoms with Crippen molar-refractivity contribution in [2.75, 3.05) is 32.6 Å². The number of likely N-dealkylation sites (tertiary alicyclic amines) is 1. The normalized spacial score (nSPS) is 15.9. The molecule has 11 heteroatoms. The molecule has 8 nitrogen and oxygen atoms in total. The van der Waals surface area contributed by atoms with Gasteiger partial charge in [-0.25, -0.2) is 0 Å². The molecule has 0 saturated carbocycles. The van der Waals surface area contributed by atoms with Gasteiger partial charge in [-0.1, -0.05) is 0 Å². The molecule has 178 valence electrons. The summed E-state index contributed by atoms with van der Waals surface area (Å²) in [5, 5.41) is 13.9. The zero-order valence-corrected chi connectivity index (χ0v) is 18.1. The number of benzene rings is 2. The van der Waals surface area contributed by atoms with Gasteiger partial charge in [0.1, 0.15) is 17.2 Å². The fraction of sp³-hybridized carbons (Fsp3) is 0.409. The van der Waals surface area contributed by atoms with Crippen molar-refractivity contribution in [3.63, 3.8) is 0 Å². The van der Waals surface area contributed by atoms with Crippen molar-refractivity contribution in [2.24, 2.45) is 0 Å². The van der Waals surface area contributed by atoms with Crippen molar-refractivity contribution in [2.45, 2.75) is 31.5 Å². The standard InChI is InChI=1S/C22H24F3N3O5/c1-32-15-6-7-16(20(13-15)33-2)18-4-3-11-27(18)21(29)9-10-26-17-8-5-14(22(23,24)25)12-19(17)28(30)31/h5-8,12-13,18,26H,3-4,9-11H2,1-2H3. The van der Waals surface area contributed by atoms with Gasteiger partial charge in [-0.05, 0) is 37.1 Å². The molecule has 1 atom stereocenters. The lowest BCUT2D eigenvalue weighted by Crippen LogP contribution is -2.32. The molecular formula is C22H24F3N3O5. The summed E-state index contributed by atoms with van der Waals surface area (Å²) >= 11 is 0. The summed E-state index contributed by atoms with van der Waals surface area (Å²) in [7, 11) is 3.09. The molecule has 1 aliphatic rings. The minimum Gasteiger partial charge on any atom is -0.497 e. The monoisotopic (exact) mass is 467 g/mol. The molecule has 33 heavy (non-hydrogen) atoms. The van der Waals surface area contributed by atoms with Gasteiger partial charge in [-0.2, -0.15) is 13.2 Å². The van der Waals surface area contributed by atoms with Crippen LogP contribution in [-0.2, 0) is 11.0 Å². The highest BCUT2D eigenvalue weighted by Gasteiger charge is 2.34. The minimum absolute atomic E-state index is 0.0210. The number of nitro groups is 1. The molecule has 1 N–H and O–H groups in total. The Morgan fingerprint density at radius 2 is 1.97 bits per heavy atom. The number of carbonyl (C=O) groups excluding carboxylic acids is 1. The van der Waals surface area contributed by atoms with E-state index in [0.717, 1.165) is 30.5 Å². The first-order valence-electron chi connectivity index (χ1n) is 10.3. The van der Waals surface area contributed by atoms with Crippen LogP contribution in [-0.4, -0.2) is 43.0 Å². The second-order valence-electron chi connectivity index (χ2n) is 7.52. The van der Waals surface area contributed by atoms with Crippen LogP contribution in [0.5, 0.6) is 11.5 Å². The van der Waals surface area contributed by atoms with E-state index in [9.17, 15) is 28.1 Å². The van der Waals surface area contributed by atoms with Crippen LogP contribution in [0.1, 0.15) is 36.4 Å². The summed E-state index contributed by atoms with van der Waals surface area (Å²) in [6.07, 6.45) is -3.10. The molecule has 2 aromatic rings. The SMILES string of the molecule is COc1ccc(C2CCCN2C(=O)CCNc2ccc(C(F)(F)F)cc2[N+](=O)[O-])c(OC)c1. The van der Waals surface area contributed by atoms with Gasteiger partial charge in [0.25, 0.3) is 5.69 Å². The first-order valence-corrected chi connectivity index (χ1v) is 10.3. The van der Waals surface area contributed by atoms with E-state index in [1.807, 2.05) is 6.07 Å². The number of alkyl halides is 3. The fourth-order valence-electron chi connectivity index (χ4n) is 3.94. The van der Waals surface area contributed by atoms with E-state index in [2.05, 4.69) is 5.32 Å². The van der Waals surface area contributed by atoms with Crippen LogP contribution in [0.15, 0.2) is 36.4 Å². The average molecular weight is 467 g/mol. The molecule has 0 spiro atoms. The number of rotatable bonds is 8. The minimum atomic E-state index is -4.69. The maximum absolute atomic E-state index is 12.9. The maximum atomic E-state index is 12.9. The second kappa shape index (κ2) is 9.97. The van der Waals surface area contributed by atoms with Crippen LogP contribution >= 0.6 is 0 Å². The second-order valence-corrected chi connectivity index (χ2v) is 7.52. The predicted molar refractivity (Wildman–Crippen MR) is 114 cm³/mol. The Bertz CT molecular complexity index is 1030. The molecule has 1 aliphatic heterocycles. The van der Waals surface area contributed by atoms with Crippen LogP contribution in [0, 0.1) is 10.1 Å². The number of amides is 1. The van der Waals surface area contributed by atoms with Crippen molar-refractivity contribution in [1.29, 1.82) is 0 Å². The molecule has 1 heterocycles. The Kier molecular flexibility index (Phi) is 7.29. The van der Waals surface area contributed by atoms with Gasteiger partial charge in [0.15, 0.2) is 0 Å². The number of ether oxygens (including phenoxy) is 2. The summed E-state index contributed by atoms with van der Waals surface area (Å²) < 4.78 is 49.3. The fourth-order valence-corrected chi connectivity index (χ4v) is 3.94. The molecule has 0 aromatic heterocycles. The van der Waals surface area contributed by atoms with E-state index in [1.165, 1.54) is 0 Å². The molecule has 2 aromatic carbocycles. The first kappa shape index (κ1) is 24.1. The van der Waals surface area contributed by atoms with Crippen molar-refractivity contribution in [3.8, 4) is 11.5 Å². The highest BCUT2D eigenvalue weighted by atomic mass is 19.4. The molecule has 0 bridgehead atoms. The summed E-state index contributed by atoms with van der Waals surface area (Å²) in [5.41, 5.74) is -1.02. The number of carbonyl (C=O) groups is 1. The average Bonchev–Trinajstić information content (AvgIpc) is 3.27. The summed E-state index contributed by atoms with van der Waals surface area (Å²) in [6.45, 7) is 0.590. The van der Waals surface area contributed by atoms with Crippen molar-refractivity contribution in [1.82, 2.24) is 4.90 Å². The quantitative estimate of drug-likeness (QED) is 0.443. The van der Waals surface area contributed by atoms with Gasteiger partial charge >= 0.3 is 6.18 Å². The van der Waals surface area contributed by atoms with E-state index >= 15 is 0 Å². The number of nitrogens with zero attached hydrogens (tertiary/aromatic N) is 2. The Morgan fingerprint density at radius 3 is 2.61 bits per heavy atom. The van der Waals surface area contributed by atoms with Crippen molar-refractivity contribution >= 4 is 17.3 Å². The smallest absolute Gasteiger partial charge is 0.416 e. The van der Waals surface area contributed by atoms with Gasteiger partial charge < -0.3 is 19.7 Å². The summed E-state index contributed by atoms with van der Waals surface area (Å²) in [5.74, 6) is 1.07. The number of nitrogens with one attached hydrogen (secondary N) is 1. The molecule has 1 fully saturated rings.